The molecule has 1 aliphatic heterocycles. The lowest BCUT2D eigenvalue weighted by Gasteiger charge is -2.28. The molecule has 0 aromatic rings. The van der Waals surface area contributed by atoms with Crippen LogP contribution in [0.2, 0.25) is 0 Å². The second-order valence-electron chi connectivity index (χ2n) is 5.76. The van der Waals surface area contributed by atoms with Gasteiger partial charge in [-0.2, -0.15) is 11.8 Å². The van der Waals surface area contributed by atoms with Gasteiger partial charge in [-0.15, -0.1) is 0 Å². The highest BCUT2D eigenvalue weighted by Gasteiger charge is 2.29. The number of thioether (sulfide) groups is 1. The number of carbonyl (C=O) groups is 2. The molecule has 20 heavy (non-hydrogen) atoms. The third kappa shape index (κ3) is 6.50. The largest absolute Gasteiger partial charge is 0.354 e. The van der Waals surface area contributed by atoms with Crippen LogP contribution < -0.4 is 16.0 Å². The van der Waals surface area contributed by atoms with Gasteiger partial charge in [0.25, 0.3) is 0 Å². The third-order valence-corrected chi connectivity index (χ3v) is 4.72. The average Bonchev–Trinajstić information content (AvgIpc) is 2.38. The summed E-state index contributed by atoms with van der Waals surface area (Å²) in [6, 6.07) is -0.646. The molecule has 5 nitrogen and oxygen atoms in total. The maximum absolute atomic E-state index is 11.7. The van der Waals surface area contributed by atoms with Gasteiger partial charge in [0.1, 0.15) is 6.04 Å². The lowest BCUT2D eigenvalue weighted by molar-refractivity contribution is -0.125. The van der Waals surface area contributed by atoms with E-state index in [2.05, 4.69) is 29.8 Å². The minimum Gasteiger partial charge on any atom is -0.354 e. The van der Waals surface area contributed by atoms with Crippen LogP contribution in [0.3, 0.4) is 0 Å². The minimum atomic E-state index is -0.404. The molecule has 3 N–H and O–H groups in total. The number of hydrogen-bond donors (Lipinski definition) is 3. The van der Waals surface area contributed by atoms with E-state index in [0.29, 0.717) is 19.0 Å². The summed E-state index contributed by atoms with van der Waals surface area (Å²) in [6.07, 6.45) is 1.86. The Hall–Kier alpha value is -0.910. The summed E-state index contributed by atoms with van der Waals surface area (Å²) >= 11 is 1.91. The normalized spacial score (nSPS) is 22.5. The van der Waals surface area contributed by atoms with Crippen molar-refractivity contribution in [2.45, 2.75) is 39.7 Å². The fraction of sp³-hybridized carbons (Fsp3) is 0.857. The highest BCUT2D eigenvalue weighted by molar-refractivity contribution is 7.99. The molecular formula is C14H27N3O2S. The summed E-state index contributed by atoms with van der Waals surface area (Å²) in [5.74, 6) is 3.04. The summed E-state index contributed by atoms with van der Waals surface area (Å²) in [5, 5.41) is 8.35. The summed E-state index contributed by atoms with van der Waals surface area (Å²) in [6.45, 7) is 7.75. The third-order valence-electron chi connectivity index (χ3n) is 3.24. The summed E-state index contributed by atoms with van der Waals surface area (Å²) in [7, 11) is 0. The van der Waals surface area contributed by atoms with Gasteiger partial charge < -0.3 is 16.0 Å². The van der Waals surface area contributed by atoms with Crippen molar-refractivity contribution in [1.82, 2.24) is 16.0 Å². The Labute approximate surface area is 126 Å². The molecule has 1 rings (SSSR count). The summed E-state index contributed by atoms with van der Waals surface area (Å²) in [4.78, 5) is 23.4. The molecule has 0 bridgehead atoms. The SMILES string of the molecule is CC(C)CSCCCNC(=O)NC1C(=O)NCCC1C. The summed E-state index contributed by atoms with van der Waals surface area (Å²) < 4.78 is 0. The molecule has 3 amide bonds. The molecule has 0 radical (unpaired) electrons. The van der Waals surface area contributed by atoms with E-state index < -0.39 is 6.04 Å². The number of carbonyl (C=O) groups excluding carboxylic acids is 2. The van der Waals surface area contributed by atoms with Crippen molar-refractivity contribution in [3.8, 4) is 0 Å². The number of amides is 3. The van der Waals surface area contributed by atoms with E-state index >= 15 is 0 Å². The Balaban J connectivity index is 2.12. The molecule has 2 atom stereocenters. The monoisotopic (exact) mass is 301 g/mol. The Morgan fingerprint density at radius 1 is 1.50 bits per heavy atom. The van der Waals surface area contributed by atoms with Crippen LogP contribution >= 0.6 is 11.8 Å². The molecule has 0 saturated carbocycles. The highest BCUT2D eigenvalue weighted by atomic mass is 32.2. The zero-order valence-electron chi connectivity index (χ0n) is 12.7. The maximum Gasteiger partial charge on any atom is 0.315 e. The number of hydrogen-bond acceptors (Lipinski definition) is 3. The maximum atomic E-state index is 11.7. The second kappa shape index (κ2) is 9.10. The average molecular weight is 301 g/mol. The number of nitrogens with one attached hydrogen (secondary N) is 3. The van der Waals surface area contributed by atoms with E-state index in [1.165, 1.54) is 0 Å². The van der Waals surface area contributed by atoms with Gasteiger partial charge in [-0.25, -0.2) is 4.79 Å². The van der Waals surface area contributed by atoms with E-state index in [4.69, 9.17) is 0 Å². The molecular weight excluding hydrogens is 274 g/mol. The molecule has 2 unspecified atom stereocenters. The van der Waals surface area contributed by atoms with Crippen LogP contribution in [0, 0.1) is 11.8 Å². The van der Waals surface area contributed by atoms with Gasteiger partial charge >= 0.3 is 6.03 Å². The molecule has 1 heterocycles. The van der Waals surface area contributed by atoms with E-state index in [1.807, 2.05) is 18.7 Å². The first-order valence-corrected chi connectivity index (χ1v) is 8.56. The molecule has 0 aromatic heterocycles. The predicted molar refractivity (Wildman–Crippen MR) is 83.9 cm³/mol. The number of rotatable bonds is 7. The predicted octanol–water partition coefficient (Wildman–Crippen LogP) is 1.59. The second-order valence-corrected chi connectivity index (χ2v) is 6.91. The van der Waals surface area contributed by atoms with Gasteiger partial charge in [-0.1, -0.05) is 20.8 Å². The lowest BCUT2D eigenvalue weighted by Crippen LogP contribution is -2.56. The van der Waals surface area contributed by atoms with Gasteiger partial charge in [-0.05, 0) is 36.2 Å². The Morgan fingerprint density at radius 2 is 2.25 bits per heavy atom. The van der Waals surface area contributed by atoms with Crippen molar-refractivity contribution in [2.75, 3.05) is 24.6 Å². The van der Waals surface area contributed by atoms with Crippen LogP contribution in [-0.2, 0) is 4.79 Å². The van der Waals surface area contributed by atoms with E-state index in [9.17, 15) is 9.59 Å². The number of urea groups is 1. The van der Waals surface area contributed by atoms with Crippen LogP contribution in [0.25, 0.3) is 0 Å². The van der Waals surface area contributed by atoms with Crippen molar-refractivity contribution in [1.29, 1.82) is 0 Å². The molecule has 0 aliphatic carbocycles. The minimum absolute atomic E-state index is 0.0774. The van der Waals surface area contributed by atoms with Crippen LogP contribution in [0.5, 0.6) is 0 Å². The van der Waals surface area contributed by atoms with Crippen molar-refractivity contribution < 1.29 is 9.59 Å². The van der Waals surface area contributed by atoms with E-state index in [-0.39, 0.29) is 17.9 Å². The van der Waals surface area contributed by atoms with Crippen LogP contribution in [0.15, 0.2) is 0 Å². The Kier molecular flexibility index (Phi) is 7.80. The van der Waals surface area contributed by atoms with Gasteiger partial charge in [0.15, 0.2) is 0 Å². The lowest BCUT2D eigenvalue weighted by atomic mass is 9.94. The number of piperidine rings is 1. The highest BCUT2D eigenvalue weighted by Crippen LogP contribution is 2.12. The Morgan fingerprint density at radius 3 is 2.90 bits per heavy atom. The molecule has 0 aromatic carbocycles. The first-order valence-electron chi connectivity index (χ1n) is 7.40. The van der Waals surface area contributed by atoms with Crippen molar-refractivity contribution >= 4 is 23.7 Å². The van der Waals surface area contributed by atoms with Crippen molar-refractivity contribution in [3.05, 3.63) is 0 Å². The first-order chi connectivity index (χ1) is 9.50. The van der Waals surface area contributed by atoms with Gasteiger partial charge in [0.2, 0.25) is 5.91 Å². The van der Waals surface area contributed by atoms with Crippen molar-refractivity contribution in [2.24, 2.45) is 11.8 Å². The van der Waals surface area contributed by atoms with E-state index in [0.717, 1.165) is 24.3 Å². The van der Waals surface area contributed by atoms with Gasteiger partial charge in [0, 0.05) is 13.1 Å². The first kappa shape index (κ1) is 17.1. The molecule has 1 aliphatic rings. The zero-order valence-corrected chi connectivity index (χ0v) is 13.5. The topological polar surface area (TPSA) is 70.2 Å². The standard InChI is InChI=1S/C14H27N3O2S/c1-10(2)9-20-8-4-6-16-14(19)17-12-11(3)5-7-15-13(12)18/h10-12H,4-9H2,1-3H3,(H,15,18)(H2,16,17,19). The zero-order chi connectivity index (χ0) is 15.0. The molecule has 6 heteroatoms. The van der Waals surface area contributed by atoms with Gasteiger partial charge in [-0.3, -0.25) is 4.79 Å². The Bertz CT molecular complexity index is 324. The van der Waals surface area contributed by atoms with Crippen LogP contribution in [0.4, 0.5) is 4.79 Å². The quantitative estimate of drug-likeness (QED) is 0.625. The van der Waals surface area contributed by atoms with Gasteiger partial charge in [0.05, 0.1) is 0 Å². The summed E-state index contributed by atoms with van der Waals surface area (Å²) in [5.41, 5.74) is 0. The van der Waals surface area contributed by atoms with E-state index in [1.54, 1.807) is 0 Å². The molecule has 1 fully saturated rings. The fourth-order valence-electron chi connectivity index (χ4n) is 2.05. The van der Waals surface area contributed by atoms with Crippen LogP contribution in [0.1, 0.15) is 33.6 Å². The van der Waals surface area contributed by atoms with Crippen LogP contribution in [-0.4, -0.2) is 42.6 Å². The fourth-order valence-corrected chi connectivity index (χ4v) is 3.04. The molecule has 0 spiro atoms. The molecule has 116 valence electrons. The smallest absolute Gasteiger partial charge is 0.315 e. The molecule has 1 saturated heterocycles. The van der Waals surface area contributed by atoms with Crippen molar-refractivity contribution in [3.63, 3.8) is 0 Å².